The molecule has 14 heavy (non-hydrogen) atoms. The summed E-state index contributed by atoms with van der Waals surface area (Å²) < 4.78 is 0. The zero-order valence-electron chi connectivity index (χ0n) is 7.47. The Morgan fingerprint density at radius 3 is 1.50 bits per heavy atom. The number of carboxylic acids is 2. The molecule has 0 amide bonds. The molecule has 74 valence electrons. The van der Waals surface area contributed by atoms with Crippen LogP contribution >= 0.6 is 9.24 Å². The average Bonchev–Trinajstić information content (AvgIpc) is 2.20. The van der Waals surface area contributed by atoms with E-state index in [1.54, 1.807) is 6.66 Å². The highest BCUT2D eigenvalue weighted by atomic mass is 31.0. The van der Waals surface area contributed by atoms with Crippen LogP contribution in [0, 0.1) is 0 Å². The van der Waals surface area contributed by atoms with Crippen molar-refractivity contribution in [1.29, 1.82) is 0 Å². The Hall–Kier alpha value is -1.41. The van der Waals surface area contributed by atoms with Crippen molar-refractivity contribution in [3.05, 3.63) is 35.4 Å². The topological polar surface area (TPSA) is 74.6 Å². The molecule has 0 heterocycles. The molecule has 0 saturated heterocycles. The van der Waals surface area contributed by atoms with Crippen LogP contribution in [-0.4, -0.2) is 28.8 Å². The van der Waals surface area contributed by atoms with E-state index in [0.717, 1.165) is 0 Å². The van der Waals surface area contributed by atoms with Gasteiger partial charge in [0.2, 0.25) is 0 Å². The Kier molecular flexibility index (Phi) is 5.49. The predicted octanol–water partition coefficient (Wildman–Crippen LogP) is 2.11. The summed E-state index contributed by atoms with van der Waals surface area (Å²) in [5, 5.41) is 17.1. The summed E-state index contributed by atoms with van der Waals surface area (Å²) in [6, 6.07) is 5.48. The van der Waals surface area contributed by atoms with Crippen molar-refractivity contribution in [2.45, 2.75) is 0 Å². The average molecular weight is 212 g/mol. The number of benzene rings is 1. The third-order valence-corrected chi connectivity index (χ3v) is 1.39. The largest absolute Gasteiger partial charge is 0.478 e. The molecule has 4 nitrogen and oxygen atoms in total. The SMILES string of the molecule is C[P].O=C(O)c1ccccc1C(=O)O. The fourth-order valence-corrected chi connectivity index (χ4v) is 0.856. The number of rotatable bonds is 2. The Morgan fingerprint density at radius 2 is 1.29 bits per heavy atom. The minimum absolute atomic E-state index is 0.190. The molecule has 2 radical (unpaired) electrons. The van der Waals surface area contributed by atoms with Gasteiger partial charge in [-0.3, -0.25) is 0 Å². The fourth-order valence-electron chi connectivity index (χ4n) is 0.856. The number of hydrogen-bond acceptors (Lipinski definition) is 2. The van der Waals surface area contributed by atoms with Gasteiger partial charge < -0.3 is 10.2 Å². The first kappa shape index (κ1) is 12.6. The summed E-state index contributed by atoms with van der Waals surface area (Å²) in [6.45, 7) is 1.69. The number of carboxylic acid groups (broad SMARTS) is 2. The maximum absolute atomic E-state index is 10.5. The number of hydrogen-bond donors (Lipinski definition) is 2. The summed E-state index contributed by atoms with van der Waals surface area (Å²) in [6.07, 6.45) is 0. The third kappa shape index (κ3) is 3.15. The molecule has 0 aliphatic rings. The van der Waals surface area contributed by atoms with Crippen LogP contribution in [0.15, 0.2) is 24.3 Å². The molecule has 0 fully saturated rings. The first-order chi connectivity index (χ1) is 6.63. The summed E-state index contributed by atoms with van der Waals surface area (Å²) in [4.78, 5) is 20.9. The quantitative estimate of drug-likeness (QED) is 0.736. The summed E-state index contributed by atoms with van der Waals surface area (Å²) in [5.41, 5.74) is -0.380. The molecule has 0 bridgehead atoms. The van der Waals surface area contributed by atoms with Crippen LogP contribution in [0.25, 0.3) is 0 Å². The van der Waals surface area contributed by atoms with Gasteiger partial charge in [0.25, 0.3) is 0 Å². The minimum atomic E-state index is -1.23. The standard InChI is InChI=1S/C8H6O4.CH3P/c9-7(10)5-3-1-2-4-6(5)8(11)12;1-2/h1-4H,(H,9,10)(H,11,12);1H3. The van der Waals surface area contributed by atoms with Gasteiger partial charge in [-0.05, 0) is 28.0 Å². The minimum Gasteiger partial charge on any atom is -0.478 e. The van der Waals surface area contributed by atoms with Gasteiger partial charge in [0.1, 0.15) is 0 Å². The fraction of sp³-hybridized carbons (Fsp3) is 0.111. The van der Waals surface area contributed by atoms with E-state index in [9.17, 15) is 9.59 Å². The summed E-state index contributed by atoms with van der Waals surface area (Å²) in [7, 11) is 3.53. The second-order valence-electron chi connectivity index (χ2n) is 2.16. The Morgan fingerprint density at radius 1 is 1.00 bits per heavy atom. The van der Waals surface area contributed by atoms with E-state index < -0.39 is 11.9 Å². The van der Waals surface area contributed by atoms with E-state index in [-0.39, 0.29) is 11.1 Å². The van der Waals surface area contributed by atoms with Crippen LogP contribution in [0.4, 0.5) is 0 Å². The molecule has 0 saturated carbocycles. The van der Waals surface area contributed by atoms with Crippen LogP contribution in [0.3, 0.4) is 0 Å². The Labute approximate surface area is 83.8 Å². The van der Waals surface area contributed by atoms with Gasteiger partial charge in [-0.25, -0.2) is 9.59 Å². The number of aromatic carboxylic acids is 2. The molecule has 1 aromatic rings. The van der Waals surface area contributed by atoms with Crippen molar-refractivity contribution < 1.29 is 19.8 Å². The molecular formula is C9H9O4P. The van der Waals surface area contributed by atoms with Crippen molar-refractivity contribution in [1.82, 2.24) is 0 Å². The maximum Gasteiger partial charge on any atom is 0.336 e. The molecule has 0 aliphatic carbocycles. The van der Waals surface area contributed by atoms with Gasteiger partial charge in [-0.2, -0.15) is 0 Å². The van der Waals surface area contributed by atoms with E-state index in [0.29, 0.717) is 0 Å². The lowest BCUT2D eigenvalue weighted by Gasteiger charge is -1.98. The van der Waals surface area contributed by atoms with E-state index in [1.807, 2.05) is 0 Å². The summed E-state index contributed by atoms with van der Waals surface area (Å²) in [5.74, 6) is -2.46. The highest BCUT2D eigenvalue weighted by Crippen LogP contribution is 2.07. The van der Waals surface area contributed by atoms with Crippen LogP contribution in [0.1, 0.15) is 20.7 Å². The van der Waals surface area contributed by atoms with Crippen LogP contribution in [0.2, 0.25) is 0 Å². The molecule has 0 aliphatic heterocycles. The molecule has 5 heteroatoms. The molecule has 0 aromatic heterocycles. The van der Waals surface area contributed by atoms with E-state index >= 15 is 0 Å². The van der Waals surface area contributed by atoms with Crippen molar-refractivity contribution in [3.8, 4) is 0 Å². The van der Waals surface area contributed by atoms with E-state index in [4.69, 9.17) is 10.2 Å². The second-order valence-corrected chi connectivity index (χ2v) is 2.16. The van der Waals surface area contributed by atoms with Crippen molar-refractivity contribution in [2.75, 3.05) is 6.66 Å². The molecule has 0 unspecified atom stereocenters. The van der Waals surface area contributed by atoms with Crippen molar-refractivity contribution in [2.24, 2.45) is 0 Å². The lowest BCUT2D eigenvalue weighted by Crippen LogP contribution is -2.06. The smallest absolute Gasteiger partial charge is 0.336 e. The summed E-state index contributed by atoms with van der Waals surface area (Å²) >= 11 is 0. The maximum atomic E-state index is 10.5. The number of carbonyl (C=O) groups is 2. The van der Waals surface area contributed by atoms with Crippen molar-refractivity contribution >= 4 is 21.2 Å². The van der Waals surface area contributed by atoms with Gasteiger partial charge in [0.05, 0.1) is 11.1 Å². The van der Waals surface area contributed by atoms with Gasteiger partial charge in [0, 0.05) is 0 Å². The van der Waals surface area contributed by atoms with Gasteiger partial charge in [-0.1, -0.05) is 12.1 Å². The van der Waals surface area contributed by atoms with Crippen LogP contribution in [0.5, 0.6) is 0 Å². The predicted molar refractivity (Wildman–Crippen MR) is 53.2 cm³/mol. The normalized spacial score (nSPS) is 8.43. The molecular weight excluding hydrogens is 203 g/mol. The second kappa shape index (κ2) is 6.11. The van der Waals surface area contributed by atoms with Crippen LogP contribution in [-0.2, 0) is 0 Å². The third-order valence-electron chi connectivity index (χ3n) is 1.39. The lowest BCUT2D eigenvalue weighted by atomic mass is 10.1. The van der Waals surface area contributed by atoms with Gasteiger partial charge in [-0.15, -0.1) is 0 Å². The Bertz CT molecular complexity index is 302. The molecule has 2 N–H and O–H groups in total. The Balaban J connectivity index is 0.000000791. The monoisotopic (exact) mass is 212 g/mol. The molecule has 0 spiro atoms. The molecule has 1 aromatic carbocycles. The van der Waals surface area contributed by atoms with Crippen LogP contribution < -0.4 is 0 Å². The van der Waals surface area contributed by atoms with Gasteiger partial charge in [0.15, 0.2) is 0 Å². The highest BCUT2D eigenvalue weighted by Gasteiger charge is 2.13. The first-order valence-corrected chi connectivity index (χ1v) is 4.52. The zero-order valence-corrected chi connectivity index (χ0v) is 8.36. The van der Waals surface area contributed by atoms with Gasteiger partial charge >= 0.3 is 11.9 Å². The van der Waals surface area contributed by atoms with E-state index in [2.05, 4.69) is 9.24 Å². The zero-order chi connectivity index (χ0) is 11.1. The molecule has 0 atom stereocenters. The molecule has 1 rings (SSSR count). The lowest BCUT2D eigenvalue weighted by molar-refractivity contribution is 0.0651. The highest BCUT2D eigenvalue weighted by molar-refractivity contribution is 7.15. The first-order valence-electron chi connectivity index (χ1n) is 3.63. The van der Waals surface area contributed by atoms with Crippen molar-refractivity contribution in [3.63, 3.8) is 0 Å². The van der Waals surface area contributed by atoms with E-state index in [1.165, 1.54) is 24.3 Å².